The Kier molecular flexibility index (Phi) is 7.55. The Labute approximate surface area is 255 Å². The molecular formula is C20H24N10O10P2S2. The molecule has 7 heterocycles. The van der Waals surface area contributed by atoms with Crippen molar-refractivity contribution < 1.29 is 42.1 Å². The van der Waals surface area contributed by atoms with Gasteiger partial charge in [-0.05, 0) is 11.8 Å². The highest BCUT2D eigenvalue weighted by Gasteiger charge is 2.50. The summed E-state index contributed by atoms with van der Waals surface area (Å²) < 4.78 is 51.1. The summed E-state index contributed by atoms with van der Waals surface area (Å²) in [5.74, 6) is -0.0463. The topological polar surface area (TPSA) is 272 Å². The third kappa shape index (κ3) is 5.44. The molecule has 3 fully saturated rings. The molecule has 3 unspecified atom stereocenters. The van der Waals surface area contributed by atoms with Crippen molar-refractivity contribution in [2.24, 2.45) is 0 Å². The number of thiol groups is 1. The molecule has 2 bridgehead atoms. The van der Waals surface area contributed by atoms with Crippen LogP contribution in [0.1, 0.15) is 18.9 Å². The van der Waals surface area contributed by atoms with Crippen LogP contribution in [0.4, 0.5) is 11.8 Å². The number of anilines is 2. The van der Waals surface area contributed by atoms with Crippen molar-refractivity contribution in [3.05, 3.63) is 29.3 Å². The van der Waals surface area contributed by atoms with Gasteiger partial charge in [0.15, 0.2) is 35.1 Å². The van der Waals surface area contributed by atoms with Crippen LogP contribution in [0, 0.1) is 0 Å². The maximum Gasteiger partial charge on any atom is 0.386 e. The van der Waals surface area contributed by atoms with Gasteiger partial charge in [0, 0.05) is 6.42 Å². The van der Waals surface area contributed by atoms with E-state index in [-0.39, 0.29) is 47.1 Å². The second-order valence-electron chi connectivity index (χ2n) is 10.0. The molecule has 4 aromatic heterocycles. The summed E-state index contributed by atoms with van der Waals surface area (Å²) in [5, 5.41) is 11.3. The summed E-state index contributed by atoms with van der Waals surface area (Å²) in [7, 11) is 0. The smallest absolute Gasteiger partial charge is 0.386 e. The van der Waals surface area contributed by atoms with E-state index in [1.54, 1.807) is 0 Å². The Hall–Kier alpha value is -2.59. The Morgan fingerprint density at radius 3 is 2.55 bits per heavy atom. The van der Waals surface area contributed by atoms with E-state index in [2.05, 4.69) is 42.2 Å². The quantitative estimate of drug-likeness (QED) is 0.117. The van der Waals surface area contributed by atoms with Crippen molar-refractivity contribution in [2.75, 3.05) is 24.7 Å². The Morgan fingerprint density at radius 1 is 1.00 bits per heavy atom. The van der Waals surface area contributed by atoms with Crippen LogP contribution in [0.5, 0.6) is 0 Å². The van der Waals surface area contributed by atoms with Gasteiger partial charge in [0.05, 0.1) is 32.0 Å². The highest BCUT2D eigenvalue weighted by atomic mass is 32.7. The van der Waals surface area contributed by atoms with Crippen LogP contribution in [0.2, 0.25) is 0 Å². The molecule has 0 spiro atoms. The summed E-state index contributed by atoms with van der Waals surface area (Å²) in [6.45, 7) is -8.99. The number of rotatable bonds is 2. The van der Waals surface area contributed by atoms with Crippen molar-refractivity contribution in [1.29, 1.82) is 0 Å². The lowest BCUT2D eigenvalue weighted by Crippen LogP contribution is -2.36. The first-order chi connectivity index (χ1) is 20.9. The summed E-state index contributed by atoms with van der Waals surface area (Å²) in [4.78, 5) is 46.1. The Morgan fingerprint density at radius 2 is 1.75 bits per heavy atom. The van der Waals surface area contributed by atoms with Crippen LogP contribution in [-0.4, -0.2) is 92.8 Å². The minimum Gasteiger partial charge on any atom is -0.386 e. The van der Waals surface area contributed by atoms with E-state index >= 15 is 0 Å². The fraction of sp³-hybridized carbons (Fsp3) is 0.500. The summed E-state index contributed by atoms with van der Waals surface area (Å²) >= 11 is 9.40. The molecule has 0 radical (unpaired) electrons. The number of nitrogen functional groups attached to an aromatic ring is 2. The van der Waals surface area contributed by atoms with Gasteiger partial charge < -0.3 is 35.5 Å². The van der Waals surface area contributed by atoms with Crippen LogP contribution in [0.25, 0.3) is 22.3 Å². The number of fused-ring (bicyclic) bond motifs is 5. The first-order valence-electron chi connectivity index (χ1n) is 12.8. The van der Waals surface area contributed by atoms with Gasteiger partial charge in [0.2, 0.25) is 5.95 Å². The molecular weight excluding hydrogens is 666 g/mol. The maximum absolute atomic E-state index is 13.5. The average molecular weight is 691 g/mol. The summed E-state index contributed by atoms with van der Waals surface area (Å²) in [6.07, 6.45) is -4.01. The lowest BCUT2D eigenvalue weighted by atomic mass is 10.1. The van der Waals surface area contributed by atoms with Crippen LogP contribution >= 0.6 is 25.8 Å². The number of ether oxygens (including phenoxy) is 2. The third-order valence-electron chi connectivity index (χ3n) is 7.19. The van der Waals surface area contributed by atoms with Gasteiger partial charge >= 0.3 is 13.5 Å². The molecule has 0 saturated carbocycles. The minimum absolute atomic E-state index is 0.0161. The fourth-order valence-electron chi connectivity index (χ4n) is 5.29. The largest absolute Gasteiger partial charge is 0.386 e. The van der Waals surface area contributed by atoms with Gasteiger partial charge in [-0.25, -0.2) is 24.5 Å². The molecule has 0 aromatic carbocycles. The Bertz CT molecular complexity index is 1910. The molecule has 24 heteroatoms. The summed E-state index contributed by atoms with van der Waals surface area (Å²) in [6, 6.07) is 0. The van der Waals surface area contributed by atoms with Gasteiger partial charge in [0.25, 0.3) is 5.56 Å². The molecule has 4 aromatic rings. The zero-order chi connectivity index (χ0) is 31.0. The standard InChI is InChI=1S/C20H24N10O10P2S2/c21-14-10-15(24-4-23-14)29(5-25-10)19-12(31)13-9(38-19)3-36-41(33,43)39-8-1-7(2-35-42(34,44)40-13)37-18(8)30-6-26-11-16(30)27-20(22)28-17(11)32/h4-9,12-13,18-19,31H,1-3H2,(H,33,43)(H,34,44)(H2,21,23,24)(H3,22,27,28,32)/t7-,8-,9+,12-,13?,18+,19+,41?,42?/m0/s1. The van der Waals surface area contributed by atoms with Crippen molar-refractivity contribution in [1.82, 2.24) is 39.0 Å². The van der Waals surface area contributed by atoms with Crippen molar-refractivity contribution in [3.8, 4) is 0 Å². The van der Waals surface area contributed by atoms with Crippen LogP contribution in [-0.2, 0) is 43.9 Å². The van der Waals surface area contributed by atoms with Crippen molar-refractivity contribution in [2.45, 2.75) is 49.4 Å². The minimum atomic E-state index is -4.17. The van der Waals surface area contributed by atoms with E-state index in [0.717, 1.165) is 0 Å². The van der Waals surface area contributed by atoms with Gasteiger partial charge in [0.1, 0.15) is 36.3 Å². The van der Waals surface area contributed by atoms with E-state index < -0.39 is 68.7 Å². The molecule has 9 atom stereocenters. The van der Waals surface area contributed by atoms with E-state index in [9.17, 15) is 19.4 Å². The molecule has 0 amide bonds. The zero-order valence-corrected chi connectivity index (χ0v) is 25.6. The second kappa shape index (κ2) is 11.0. The van der Waals surface area contributed by atoms with Gasteiger partial charge in [-0.1, -0.05) is 12.2 Å². The predicted molar refractivity (Wildman–Crippen MR) is 155 cm³/mol. The van der Waals surface area contributed by atoms with Crippen molar-refractivity contribution >= 4 is 71.7 Å². The molecule has 236 valence electrons. The normalized spacial score (nSPS) is 36.6. The number of aliphatic hydroxyl groups excluding tert-OH is 1. The van der Waals surface area contributed by atoms with Gasteiger partial charge in [-0.3, -0.25) is 32.5 Å². The average Bonchev–Trinajstić information content (AvgIpc) is 3.72. The number of hydrogen-bond donors (Lipinski definition) is 6. The van der Waals surface area contributed by atoms with E-state index in [0.29, 0.717) is 0 Å². The highest BCUT2D eigenvalue weighted by molar-refractivity contribution is 8.44. The number of imidazole rings is 2. The maximum atomic E-state index is 13.5. The first-order valence-corrected chi connectivity index (χ1v) is 18.1. The van der Waals surface area contributed by atoms with E-state index in [1.165, 1.54) is 28.1 Å². The Balaban J connectivity index is 1.19. The number of aliphatic hydroxyl groups is 1. The second-order valence-corrected chi connectivity index (χ2v) is 15.7. The van der Waals surface area contributed by atoms with Crippen LogP contribution < -0.4 is 17.0 Å². The van der Waals surface area contributed by atoms with Crippen LogP contribution in [0.3, 0.4) is 0 Å². The monoisotopic (exact) mass is 690 g/mol. The molecule has 44 heavy (non-hydrogen) atoms. The van der Waals surface area contributed by atoms with Crippen molar-refractivity contribution in [3.63, 3.8) is 0 Å². The number of aromatic nitrogens is 8. The third-order valence-corrected chi connectivity index (χ3v) is 10.4. The molecule has 3 aliphatic heterocycles. The number of hydrogen-bond acceptors (Lipinski definition) is 17. The predicted octanol–water partition coefficient (Wildman–Crippen LogP) is -0.258. The van der Waals surface area contributed by atoms with Gasteiger partial charge in [-0.15, -0.1) is 0 Å². The molecule has 20 nitrogen and oxygen atoms in total. The molecule has 7 rings (SSSR count). The molecule has 3 saturated heterocycles. The molecule has 3 aliphatic rings. The number of nitrogens with two attached hydrogens (primary N) is 2. The van der Waals surface area contributed by atoms with Gasteiger partial charge in [-0.2, -0.15) is 4.98 Å². The number of H-pyrrole nitrogens is 1. The number of nitrogens with zero attached hydrogens (tertiary/aromatic N) is 7. The number of aromatic amines is 1. The summed E-state index contributed by atoms with van der Waals surface area (Å²) in [5.41, 5.74) is 11.6. The highest BCUT2D eigenvalue weighted by Crippen LogP contribution is 2.58. The lowest BCUT2D eigenvalue weighted by Gasteiger charge is -2.27. The molecule has 0 aliphatic carbocycles. The lowest BCUT2D eigenvalue weighted by molar-refractivity contribution is -0.0582. The van der Waals surface area contributed by atoms with E-state index in [4.69, 9.17) is 50.8 Å². The van der Waals surface area contributed by atoms with Crippen LogP contribution in [0.15, 0.2) is 23.8 Å². The van der Waals surface area contributed by atoms with E-state index in [1.807, 2.05) is 0 Å². The first kappa shape index (κ1) is 30.1. The fourth-order valence-corrected chi connectivity index (χ4v) is 8.25. The number of nitrogens with one attached hydrogen (secondary N) is 1. The SMILES string of the molecule is Nc1nc2c(ncn2[C@@H]2O[C@@H]3COP(O)(=S)OC4[C@@H](COP(=O)(S)O[C@H]2C3)O[C@@H](n2cnc3c(N)ncnc32)[C@H]4O)c(=O)[nH]1. The zero-order valence-electron chi connectivity index (χ0n) is 22.1. The molecule has 7 N–H and O–H groups in total.